The standard InChI is InChI=1S/C27H45IO/c1-18(2)6-5-7-19(3)23-10-11-24-22-9-8-20-16-21(29)12-15-27(20,17-28)25(22)13-14-26(23,24)4/h8,18-19,21-25,29H,5-7,9-17H2,1-4H3/t19-,21-,22-,23+,24-,25-,26+,27+/m0/s1/i28-2. The molecular formula is C27H45IO. The summed E-state index contributed by atoms with van der Waals surface area (Å²) in [6.45, 7) is 10.0. The molecule has 4 aliphatic rings. The van der Waals surface area contributed by atoms with Gasteiger partial charge in [-0.25, -0.2) is 0 Å². The SMILES string of the molecule is CC(C)CCC[C@H](C)[C@H]1CC[C@H]2[C@@H]3CC=C4C[C@@H](O)CC[C@]4(C[125I])[C@H]3CC[C@]12C. The number of rotatable bonds is 6. The Kier molecular flexibility index (Phi) is 6.83. The zero-order chi connectivity index (χ0) is 20.8. The minimum atomic E-state index is -0.0784. The number of alkyl halides is 1. The fourth-order valence-electron chi connectivity index (χ4n) is 8.71. The Hall–Kier alpha value is 0.430. The molecule has 0 saturated heterocycles. The molecule has 3 fully saturated rings. The fourth-order valence-corrected chi connectivity index (χ4v) is 10.1. The van der Waals surface area contributed by atoms with E-state index in [0.29, 0.717) is 10.8 Å². The van der Waals surface area contributed by atoms with Crippen molar-refractivity contribution in [2.75, 3.05) is 4.43 Å². The van der Waals surface area contributed by atoms with Crippen LogP contribution in [0.1, 0.15) is 98.3 Å². The van der Waals surface area contributed by atoms with E-state index in [1.165, 1.54) is 62.2 Å². The highest BCUT2D eigenvalue weighted by molar-refractivity contribution is 14.1. The Morgan fingerprint density at radius 2 is 1.86 bits per heavy atom. The minimum Gasteiger partial charge on any atom is -0.393 e. The summed E-state index contributed by atoms with van der Waals surface area (Å²) in [5, 5.41) is 10.3. The van der Waals surface area contributed by atoms with E-state index >= 15 is 0 Å². The molecule has 0 amide bonds. The average Bonchev–Trinajstić information content (AvgIpc) is 3.04. The smallest absolute Gasteiger partial charge is 0.0577 e. The lowest BCUT2D eigenvalue weighted by molar-refractivity contribution is -0.0548. The van der Waals surface area contributed by atoms with Gasteiger partial charge in [0.1, 0.15) is 0 Å². The van der Waals surface area contributed by atoms with E-state index in [-0.39, 0.29) is 6.10 Å². The number of hydrogen-bond acceptors (Lipinski definition) is 1. The Labute approximate surface area is 194 Å². The molecule has 8 atom stereocenters. The average molecular weight is 511 g/mol. The molecule has 2 heteroatoms. The van der Waals surface area contributed by atoms with Crippen LogP contribution < -0.4 is 0 Å². The molecule has 0 aromatic rings. The number of aliphatic hydroxyl groups is 1. The zero-order valence-electron chi connectivity index (χ0n) is 19.4. The van der Waals surface area contributed by atoms with Crippen LogP contribution in [0.25, 0.3) is 0 Å². The predicted molar refractivity (Wildman–Crippen MR) is 132 cm³/mol. The molecule has 0 aromatic heterocycles. The quantitative estimate of drug-likeness (QED) is 0.220. The summed E-state index contributed by atoms with van der Waals surface area (Å²) in [5.41, 5.74) is 2.65. The number of allylic oxidation sites excluding steroid dienone is 1. The lowest BCUT2D eigenvalue weighted by atomic mass is 9.47. The first-order valence-corrected chi connectivity index (χ1v) is 14.3. The van der Waals surface area contributed by atoms with Crippen molar-refractivity contribution in [3.8, 4) is 0 Å². The van der Waals surface area contributed by atoms with Gasteiger partial charge in [-0.3, -0.25) is 0 Å². The topological polar surface area (TPSA) is 20.2 Å². The molecule has 3 saturated carbocycles. The number of aliphatic hydroxyl groups excluding tert-OH is 1. The highest BCUT2D eigenvalue weighted by atomic mass is 125. The van der Waals surface area contributed by atoms with Crippen LogP contribution in [0.5, 0.6) is 0 Å². The largest absolute Gasteiger partial charge is 0.393 e. The first-order chi connectivity index (χ1) is 13.8. The molecule has 166 valence electrons. The van der Waals surface area contributed by atoms with Crippen LogP contribution in [0.3, 0.4) is 0 Å². The molecule has 0 bridgehead atoms. The molecule has 0 aliphatic heterocycles. The van der Waals surface area contributed by atoms with Crippen molar-refractivity contribution in [1.29, 1.82) is 0 Å². The highest BCUT2D eigenvalue weighted by Crippen LogP contribution is 2.67. The fraction of sp³-hybridized carbons (Fsp3) is 0.926. The third-order valence-electron chi connectivity index (χ3n) is 10.2. The van der Waals surface area contributed by atoms with Crippen LogP contribution in [0.2, 0.25) is 0 Å². The van der Waals surface area contributed by atoms with Gasteiger partial charge in [-0.2, -0.15) is 0 Å². The maximum absolute atomic E-state index is 10.3. The van der Waals surface area contributed by atoms with Crippen molar-refractivity contribution >= 4 is 22.6 Å². The summed E-state index contributed by atoms with van der Waals surface area (Å²) in [5.74, 6) is 5.46. The van der Waals surface area contributed by atoms with Gasteiger partial charge in [-0.05, 0) is 92.3 Å². The van der Waals surface area contributed by atoms with Gasteiger partial charge in [-0.1, -0.05) is 81.2 Å². The zero-order valence-corrected chi connectivity index (χ0v) is 21.6. The summed E-state index contributed by atoms with van der Waals surface area (Å²) < 4.78 is 1.27. The minimum absolute atomic E-state index is 0.0784. The Balaban J connectivity index is 1.51. The van der Waals surface area contributed by atoms with Crippen molar-refractivity contribution in [3.05, 3.63) is 11.6 Å². The van der Waals surface area contributed by atoms with Crippen molar-refractivity contribution in [3.63, 3.8) is 0 Å². The predicted octanol–water partition coefficient (Wildman–Crippen LogP) is 7.80. The van der Waals surface area contributed by atoms with Gasteiger partial charge in [0.2, 0.25) is 0 Å². The number of halogens is 1. The summed E-state index contributed by atoms with van der Waals surface area (Å²) in [7, 11) is 0. The molecule has 0 radical (unpaired) electrons. The van der Waals surface area contributed by atoms with E-state index in [4.69, 9.17) is 0 Å². The van der Waals surface area contributed by atoms with Crippen LogP contribution in [0.15, 0.2) is 11.6 Å². The van der Waals surface area contributed by atoms with E-state index < -0.39 is 0 Å². The molecule has 0 aromatic carbocycles. The third-order valence-corrected chi connectivity index (χ3v) is 11.6. The Morgan fingerprint density at radius 3 is 2.59 bits per heavy atom. The van der Waals surface area contributed by atoms with E-state index in [1.54, 1.807) is 5.57 Å². The first-order valence-electron chi connectivity index (χ1n) is 12.8. The maximum atomic E-state index is 10.3. The van der Waals surface area contributed by atoms with Crippen LogP contribution >= 0.6 is 22.6 Å². The van der Waals surface area contributed by atoms with Gasteiger partial charge >= 0.3 is 0 Å². The normalized spacial score (nSPS) is 45.3. The second-order valence-electron chi connectivity index (χ2n) is 12.1. The van der Waals surface area contributed by atoms with Gasteiger partial charge in [0.25, 0.3) is 0 Å². The van der Waals surface area contributed by atoms with Crippen molar-refractivity contribution in [2.24, 2.45) is 46.3 Å². The Bertz CT molecular complexity index is 612. The highest BCUT2D eigenvalue weighted by Gasteiger charge is 2.59. The second-order valence-corrected chi connectivity index (χ2v) is 12.8. The maximum Gasteiger partial charge on any atom is 0.0577 e. The lowest BCUT2D eigenvalue weighted by Crippen LogP contribution is -2.52. The van der Waals surface area contributed by atoms with Crippen molar-refractivity contribution in [1.82, 2.24) is 0 Å². The van der Waals surface area contributed by atoms with Crippen molar-refractivity contribution < 1.29 is 5.11 Å². The van der Waals surface area contributed by atoms with Crippen LogP contribution in [-0.4, -0.2) is 15.6 Å². The molecule has 0 spiro atoms. The monoisotopic (exact) mass is 510 g/mol. The Morgan fingerprint density at radius 1 is 1.07 bits per heavy atom. The van der Waals surface area contributed by atoms with E-state index in [1.807, 2.05) is 0 Å². The molecule has 0 heterocycles. The first kappa shape index (κ1) is 22.6. The van der Waals surface area contributed by atoms with Crippen LogP contribution in [-0.2, 0) is 0 Å². The van der Waals surface area contributed by atoms with Gasteiger partial charge < -0.3 is 5.11 Å². The molecule has 0 unspecified atom stereocenters. The van der Waals surface area contributed by atoms with Crippen LogP contribution in [0.4, 0.5) is 0 Å². The van der Waals surface area contributed by atoms with Crippen LogP contribution in [0, 0.1) is 46.3 Å². The lowest BCUT2D eigenvalue weighted by Gasteiger charge is -2.59. The molecule has 29 heavy (non-hydrogen) atoms. The second kappa shape index (κ2) is 8.75. The molecular weight excluding hydrogens is 465 g/mol. The van der Waals surface area contributed by atoms with E-state index in [9.17, 15) is 5.11 Å². The van der Waals surface area contributed by atoms with Gasteiger partial charge in [-0.15, -0.1) is 0 Å². The summed E-state index contributed by atoms with van der Waals surface area (Å²) >= 11 is 2.68. The molecule has 1 nitrogen and oxygen atoms in total. The third kappa shape index (κ3) is 3.89. The van der Waals surface area contributed by atoms with Gasteiger partial charge in [0, 0.05) is 9.84 Å². The van der Waals surface area contributed by atoms with Crippen molar-refractivity contribution in [2.45, 2.75) is 104 Å². The van der Waals surface area contributed by atoms with E-state index in [2.05, 4.69) is 56.4 Å². The van der Waals surface area contributed by atoms with Gasteiger partial charge in [0.05, 0.1) is 6.10 Å². The molecule has 4 rings (SSSR count). The molecule has 1 N–H and O–H groups in total. The number of fused-ring (bicyclic) bond motifs is 5. The number of hydrogen-bond donors (Lipinski definition) is 1. The summed E-state index contributed by atoms with van der Waals surface area (Å²) in [6.07, 6.45) is 17.2. The van der Waals surface area contributed by atoms with E-state index in [0.717, 1.165) is 48.3 Å². The summed E-state index contributed by atoms with van der Waals surface area (Å²) in [6, 6.07) is 0. The summed E-state index contributed by atoms with van der Waals surface area (Å²) in [4.78, 5) is 0. The molecule has 4 aliphatic carbocycles. The van der Waals surface area contributed by atoms with Gasteiger partial charge in [0.15, 0.2) is 0 Å².